The van der Waals surface area contributed by atoms with Crippen molar-refractivity contribution in [1.82, 2.24) is 20.5 Å². The van der Waals surface area contributed by atoms with Crippen molar-refractivity contribution in [2.45, 2.75) is 37.5 Å². The standard InChI is InChI=1S/C23H24F3N5O/c1-31-9-6-15(7-10-31)30-20(32)22-12-21(22,23(24,25)26)13-29-19(22)17-5-4-14(11-27)18-16(17)3-2-8-28-18/h2-5,8,15,19,29H,6-7,9-10,12-13H2,1H3,(H,30,32). The van der Waals surface area contributed by atoms with Crippen molar-refractivity contribution in [3.63, 3.8) is 0 Å². The summed E-state index contributed by atoms with van der Waals surface area (Å²) >= 11 is 0. The van der Waals surface area contributed by atoms with Gasteiger partial charge in [0.1, 0.15) is 6.07 Å². The van der Waals surface area contributed by atoms with Crippen LogP contribution >= 0.6 is 0 Å². The molecule has 0 spiro atoms. The number of halogens is 3. The molecule has 9 heteroatoms. The van der Waals surface area contributed by atoms with Crippen LogP contribution in [0.3, 0.4) is 0 Å². The molecular weight excluding hydrogens is 419 g/mol. The van der Waals surface area contributed by atoms with Crippen LogP contribution in [0.25, 0.3) is 10.9 Å². The first-order chi connectivity index (χ1) is 15.2. The van der Waals surface area contributed by atoms with Gasteiger partial charge in [-0.3, -0.25) is 9.78 Å². The summed E-state index contributed by atoms with van der Waals surface area (Å²) in [6, 6.07) is 7.83. The fourth-order valence-electron chi connectivity index (χ4n) is 5.74. The van der Waals surface area contributed by atoms with Crippen LogP contribution in [-0.2, 0) is 4.79 Å². The second kappa shape index (κ2) is 7.15. The van der Waals surface area contributed by atoms with E-state index in [2.05, 4.69) is 26.6 Å². The summed E-state index contributed by atoms with van der Waals surface area (Å²) in [4.78, 5) is 19.9. The number of piperidine rings is 2. The number of benzene rings is 1. The van der Waals surface area contributed by atoms with Crippen molar-refractivity contribution in [1.29, 1.82) is 5.26 Å². The fraction of sp³-hybridized carbons (Fsp3) is 0.522. The SMILES string of the molecule is CN1CCC(NC(=O)C23CC2(C(F)(F)F)CNC3c2ccc(C#N)c3ncccc23)CC1. The Morgan fingerprint density at radius 3 is 2.72 bits per heavy atom. The van der Waals surface area contributed by atoms with Gasteiger partial charge in [0.2, 0.25) is 5.91 Å². The van der Waals surface area contributed by atoms with Crippen LogP contribution < -0.4 is 10.6 Å². The predicted molar refractivity (Wildman–Crippen MR) is 111 cm³/mol. The Morgan fingerprint density at radius 1 is 1.31 bits per heavy atom. The molecule has 6 nitrogen and oxygen atoms in total. The first kappa shape index (κ1) is 21.2. The maximum absolute atomic E-state index is 14.3. The number of hydrogen-bond acceptors (Lipinski definition) is 5. The molecule has 2 aromatic rings. The highest BCUT2D eigenvalue weighted by Crippen LogP contribution is 2.78. The van der Waals surface area contributed by atoms with Gasteiger partial charge in [-0.2, -0.15) is 18.4 Å². The molecule has 3 unspecified atom stereocenters. The van der Waals surface area contributed by atoms with Crippen molar-refractivity contribution in [3.8, 4) is 6.07 Å². The Hall–Kier alpha value is -2.70. The van der Waals surface area contributed by atoms with E-state index in [4.69, 9.17) is 0 Å². The summed E-state index contributed by atoms with van der Waals surface area (Å²) in [5, 5.41) is 16.0. The second-order valence-corrected chi connectivity index (χ2v) is 9.31. The van der Waals surface area contributed by atoms with Gasteiger partial charge >= 0.3 is 6.18 Å². The molecule has 168 valence electrons. The van der Waals surface area contributed by atoms with Gasteiger partial charge in [-0.05, 0) is 57.1 Å². The average molecular weight is 443 g/mol. The van der Waals surface area contributed by atoms with E-state index in [0.29, 0.717) is 22.0 Å². The van der Waals surface area contributed by atoms with Crippen LogP contribution in [0.2, 0.25) is 0 Å². The Bertz CT molecular complexity index is 1120. The van der Waals surface area contributed by atoms with Crippen LogP contribution in [0.1, 0.15) is 36.4 Å². The minimum absolute atomic E-state index is 0.125. The summed E-state index contributed by atoms with van der Waals surface area (Å²) in [6.45, 7) is 1.30. The number of rotatable bonds is 3. The number of amides is 1. The average Bonchev–Trinajstić information content (AvgIpc) is 3.37. The molecule has 32 heavy (non-hydrogen) atoms. The van der Waals surface area contributed by atoms with Crippen molar-refractivity contribution in [3.05, 3.63) is 41.6 Å². The topological polar surface area (TPSA) is 81.0 Å². The van der Waals surface area contributed by atoms with Gasteiger partial charge in [0.15, 0.2) is 0 Å². The Morgan fingerprint density at radius 2 is 2.06 bits per heavy atom. The van der Waals surface area contributed by atoms with E-state index in [1.807, 2.05) is 7.05 Å². The van der Waals surface area contributed by atoms with E-state index in [-0.39, 0.29) is 19.0 Å². The lowest BCUT2D eigenvalue weighted by Gasteiger charge is -2.32. The van der Waals surface area contributed by atoms with Crippen LogP contribution in [0, 0.1) is 22.2 Å². The summed E-state index contributed by atoms with van der Waals surface area (Å²) in [7, 11) is 1.99. The van der Waals surface area contributed by atoms with E-state index in [9.17, 15) is 23.2 Å². The summed E-state index contributed by atoms with van der Waals surface area (Å²) in [5.74, 6) is -0.527. The van der Waals surface area contributed by atoms with Crippen LogP contribution in [0.5, 0.6) is 0 Å². The Labute approximate surface area is 183 Å². The van der Waals surface area contributed by atoms with Crippen LogP contribution in [0.15, 0.2) is 30.5 Å². The van der Waals surface area contributed by atoms with Gasteiger partial charge in [0.05, 0.1) is 21.9 Å². The predicted octanol–water partition coefficient (Wildman–Crippen LogP) is 2.90. The highest BCUT2D eigenvalue weighted by atomic mass is 19.4. The zero-order chi connectivity index (χ0) is 22.7. The molecule has 2 saturated heterocycles. The number of carbonyl (C=O) groups is 1. The van der Waals surface area contributed by atoms with Crippen molar-refractivity contribution < 1.29 is 18.0 Å². The van der Waals surface area contributed by atoms with Gasteiger partial charge in [0.25, 0.3) is 0 Å². The number of nitriles is 1. The zero-order valence-electron chi connectivity index (χ0n) is 17.7. The van der Waals surface area contributed by atoms with E-state index < -0.39 is 29.0 Å². The molecule has 2 aliphatic heterocycles. The number of hydrogen-bond donors (Lipinski definition) is 2. The molecule has 2 N–H and O–H groups in total. The Kier molecular flexibility index (Phi) is 4.73. The fourth-order valence-corrected chi connectivity index (χ4v) is 5.74. The molecule has 1 aromatic carbocycles. The first-order valence-electron chi connectivity index (χ1n) is 10.8. The maximum Gasteiger partial charge on any atom is 0.396 e. The summed E-state index contributed by atoms with van der Waals surface area (Å²) in [6.07, 6.45) is -1.74. The zero-order valence-corrected chi connectivity index (χ0v) is 17.7. The molecule has 3 fully saturated rings. The molecule has 3 atom stereocenters. The van der Waals surface area contributed by atoms with Gasteiger partial charge in [0, 0.05) is 30.2 Å². The first-order valence-corrected chi connectivity index (χ1v) is 10.8. The smallest absolute Gasteiger partial charge is 0.353 e. The highest BCUT2D eigenvalue weighted by Gasteiger charge is 2.87. The maximum atomic E-state index is 14.3. The molecule has 0 bridgehead atoms. The minimum Gasteiger partial charge on any atom is -0.353 e. The van der Waals surface area contributed by atoms with Gasteiger partial charge in [-0.25, -0.2) is 0 Å². The normalized spacial score (nSPS) is 30.7. The van der Waals surface area contributed by atoms with E-state index >= 15 is 0 Å². The van der Waals surface area contributed by atoms with E-state index in [0.717, 1.165) is 25.9 Å². The van der Waals surface area contributed by atoms with Crippen molar-refractivity contribution in [2.24, 2.45) is 10.8 Å². The number of nitrogens with one attached hydrogen (secondary N) is 2. The minimum atomic E-state index is -4.50. The highest BCUT2D eigenvalue weighted by molar-refractivity contribution is 5.93. The third-order valence-corrected chi connectivity index (χ3v) is 7.65. The molecule has 0 radical (unpaired) electrons. The summed E-state index contributed by atoms with van der Waals surface area (Å²) < 4.78 is 42.8. The number of fused-ring (bicyclic) bond motifs is 2. The molecular formula is C23H24F3N5O. The number of nitrogens with zero attached hydrogens (tertiary/aromatic N) is 3. The molecule has 5 rings (SSSR count). The monoisotopic (exact) mass is 443 g/mol. The number of alkyl halides is 3. The third kappa shape index (κ3) is 2.86. The van der Waals surface area contributed by atoms with Gasteiger partial charge in [-0.15, -0.1) is 0 Å². The molecule has 1 amide bonds. The van der Waals surface area contributed by atoms with E-state index in [1.165, 1.54) is 0 Å². The van der Waals surface area contributed by atoms with Crippen molar-refractivity contribution >= 4 is 16.8 Å². The van der Waals surface area contributed by atoms with Crippen LogP contribution in [0.4, 0.5) is 13.2 Å². The lowest BCUT2D eigenvalue weighted by atomic mass is 9.83. The second-order valence-electron chi connectivity index (χ2n) is 9.31. The lowest BCUT2D eigenvalue weighted by Crippen LogP contribution is -2.48. The van der Waals surface area contributed by atoms with Gasteiger partial charge in [-0.1, -0.05) is 12.1 Å². The largest absolute Gasteiger partial charge is 0.396 e. The van der Waals surface area contributed by atoms with Gasteiger partial charge < -0.3 is 15.5 Å². The van der Waals surface area contributed by atoms with Crippen LogP contribution in [-0.4, -0.2) is 54.7 Å². The number of aromatic nitrogens is 1. The van der Waals surface area contributed by atoms with Crippen molar-refractivity contribution in [2.75, 3.05) is 26.7 Å². The summed E-state index contributed by atoms with van der Waals surface area (Å²) in [5.41, 5.74) is -2.32. The quantitative estimate of drug-likeness (QED) is 0.763. The molecule has 3 aliphatic rings. The number of carbonyl (C=O) groups excluding carboxylic acids is 1. The number of pyridine rings is 1. The lowest BCUT2D eigenvalue weighted by molar-refractivity contribution is -0.193. The molecule has 1 saturated carbocycles. The molecule has 3 heterocycles. The molecule has 1 aliphatic carbocycles. The number of likely N-dealkylation sites (tertiary alicyclic amines) is 1. The third-order valence-electron chi connectivity index (χ3n) is 7.65. The Balaban J connectivity index is 1.56. The van der Waals surface area contributed by atoms with E-state index in [1.54, 1.807) is 30.5 Å². The molecule has 1 aromatic heterocycles.